The number of aliphatic carboxylic acids is 1. The van der Waals surface area contributed by atoms with Crippen molar-refractivity contribution in [1.29, 1.82) is 0 Å². The second-order valence-corrected chi connectivity index (χ2v) is 17.9. The Morgan fingerprint density at radius 2 is 0.758 bits per heavy atom. The molecular weight excluding hydrogens is 1300 g/mol. The first-order chi connectivity index (χ1) is 44.4. The number of rotatable bonds is 53. The number of ether oxygens (including phenoxy) is 14. The summed E-state index contributed by atoms with van der Waals surface area (Å²) in [5.74, 6) is 14.1. The Morgan fingerprint density at radius 1 is 0.453 bits per heavy atom. The molecule has 562 valence electrons. The number of methoxy groups -OCH3 is 6. The highest BCUT2D eigenvalue weighted by Gasteiger charge is 2.27. The van der Waals surface area contributed by atoms with E-state index in [9.17, 15) is 24.3 Å². The molecule has 16 N–H and O–H groups in total. The number of esters is 2. The molecule has 0 aromatic heterocycles. The Kier molecular flexibility index (Phi) is 107. The van der Waals surface area contributed by atoms with E-state index in [0.29, 0.717) is 210 Å². The second-order valence-electron chi connectivity index (χ2n) is 17.9. The van der Waals surface area contributed by atoms with Crippen LogP contribution in [0.2, 0.25) is 0 Å². The monoisotopic (exact) mass is 1430 g/mol. The fourth-order valence-electron chi connectivity index (χ4n) is 6.34. The first kappa shape index (κ1) is 109. The second kappa shape index (κ2) is 93.2. The van der Waals surface area contributed by atoms with Crippen molar-refractivity contribution in [2.24, 2.45) is 55.1 Å². The van der Waals surface area contributed by atoms with Crippen molar-refractivity contribution in [2.45, 2.75) is 84.3 Å². The van der Waals surface area contributed by atoms with Crippen molar-refractivity contribution in [3.8, 4) is 35.5 Å². The summed E-state index contributed by atoms with van der Waals surface area (Å²) in [7, 11) is 9.65. The molecule has 0 unspecified atom stereocenters. The Labute approximate surface area is 587 Å². The number of nitrogens with zero attached hydrogens (tertiary/aromatic N) is 5. The van der Waals surface area contributed by atoms with Gasteiger partial charge in [-0.3, -0.25) is 39.2 Å². The van der Waals surface area contributed by atoms with Crippen molar-refractivity contribution in [3.05, 3.63) is 0 Å². The van der Waals surface area contributed by atoms with Gasteiger partial charge in [0, 0.05) is 88.5 Å². The van der Waals surface area contributed by atoms with E-state index < -0.39 is 24.1 Å². The summed E-state index contributed by atoms with van der Waals surface area (Å²) < 4.78 is 70.8. The highest BCUT2D eigenvalue weighted by Crippen LogP contribution is 2.12. The van der Waals surface area contributed by atoms with E-state index >= 15 is 0 Å². The third-order valence-electron chi connectivity index (χ3n) is 10.7. The summed E-state index contributed by atoms with van der Waals surface area (Å²) in [6.07, 6.45) is 4.14. The Morgan fingerprint density at radius 3 is 1.05 bits per heavy atom. The highest BCUT2D eigenvalue weighted by molar-refractivity contribution is 7.59. The van der Waals surface area contributed by atoms with Gasteiger partial charge in [0.1, 0.15) is 31.0 Å². The van der Waals surface area contributed by atoms with Crippen molar-refractivity contribution in [3.63, 3.8) is 0 Å². The third-order valence-corrected chi connectivity index (χ3v) is 10.7. The summed E-state index contributed by atoms with van der Waals surface area (Å²) in [5.41, 5.74) is 37.1. The lowest BCUT2D eigenvalue weighted by atomic mass is 10.1. The van der Waals surface area contributed by atoms with E-state index in [-0.39, 0.29) is 83.5 Å². The quantitative estimate of drug-likeness (QED) is 0.00837. The molecule has 0 rings (SSSR count). The van der Waals surface area contributed by atoms with Crippen LogP contribution < -0.4 is 40.1 Å². The molecule has 0 heterocycles. The number of aldehydes is 1. The zero-order chi connectivity index (χ0) is 70.4. The number of carboxylic acids is 1. The van der Waals surface area contributed by atoms with Crippen molar-refractivity contribution in [1.82, 2.24) is 9.80 Å². The predicted octanol–water partition coefficient (Wildman–Crippen LogP) is -1.48. The molecule has 0 aromatic carbocycles. The van der Waals surface area contributed by atoms with Crippen LogP contribution in [0.5, 0.6) is 0 Å². The molecule has 0 aliphatic heterocycles. The number of hydrogen-bond donors (Lipinski definition) is 9. The summed E-state index contributed by atoms with van der Waals surface area (Å²) >= 11 is 0. The molecule has 0 aromatic rings. The minimum atomic E-state index is -0.886. The van der Waals surface area contributed by atoms with Crippen LogP contribution >= 0.6 is 40.5 Å². The van der Waals surface area contributed by atoms with Crippen molar-refractivity contribution in [2.75, 3.05) is 227 Å². The van der Waals surface area contributed by atoms with E-state index in [0.717, 1.165) is 6.29 Å². The minimum absolute atomic E-state index is 0. The van der Waals surface area contributed by atoms with Crippen molar-refractivity contribution >= 4 is 82.6 Å². The molecule has 0 aliphatic carbocycles. The van der Waals surface area contributed by atoms with Crippen LogP contribution in [0.15, 0.2) is 15.0 Å². The van der Waals surface area contributed by atoms with Gasteiger partial charge in [0.05, 0.1) is 132 Å². The largest absolute Gasteiger partial charge is 0.480 e. The Hall–Kier alpha value is -5.02. The maximum absolute atomic E-state index is 12.5. The molecular formula is C60H124N12O20S3. The summed E-state index contributed by atoms with van der Waals surface area (Å²) in [5, 5.41) is 17.8. The van der Waals surface area contributed by atoms with Crippen LogP contribution in [-0.4, -0.2) is 307 Å². The number of carbonyl (C=O) groups is 4. The molecule has 3 atom stereocenters. The van der Waals surface area contributed by atoms with Crippen LogP contribution in [0.25, 0.3) is 0 Å². The first-order valence-electron chi connectivity index (χ1n) is 30.1. The van der Waals surface area contributed by atoms with Gasteiger partial charge >= 0.3 is 17.9 Å². The SMILES string of the molecule is CC#CC#CC#CC.CCOC(=O)[C@@H](N)CCCN=C(N)N.CCOC(=O)[C@H](CCCN=C(N)N)N(CCOCCOC)CCOCCOC.COCCOCC=O.COCCOCCN(CCOCCOC)[C@@H](CCCN=C(N)N)C(=O)O.COCCOCCO.S.S.S. The van der Waals surface area contributed by atoms with Crippen LogP contribution in [0, 0.1) is 35.5 Å². The smallest absolute Gasteiger partial charge is 0.323 e. The van der Waals surface area contributed by atoms with Gasteiger partial charge in [-0.1, -0.05) is 11.8 Å². The first-order valence-corrected chi connectivity index (χ1v) is 30.1. The number of carbonyl (C=O) groups excluding carboxylic acids is 3. The Bertz CT molecular complexity index is 1900. The van der Waals surface area contributed by atoms with Crippen LogP contribution in [-0.2, 0) is 85.5 Å². The number of aliphatic hydroxyl groups excluding tert-OH is 1. The predicted molar refractivity (Wildman–Crippen MR) is 384 cm³/mol. The van der Waals surface area contributed by atoms with Crippen LogP contribution in [0.1, 0.15) is 66.2 Å². The van der Waals surface area contributed by atoms with E-state index in [2.05, 4.69) is 60.0 Å². The van der Waals surface area contributed by atoms with Gasteiger partial charge in [-0.25, -0.2) is 0 Å². The van der Waals surface area contributed by atoms with E-state index in [1.165, 1.54) is 0 Å². The average Bonchev–Trinajstić information content (AvgIpc) is 1.08. The fraction of sp³-hybridized carbons (Fsp3) is 0.783. The fourth-order valence-corrected chi connectivity index (χ4v) is 6.34. The lowest BCUT2D eigenvalue weighted by Gasteiger charge is -2.30. The molecule has 0 saturated heterocycles. The van der Waals surface area contributed by atoms with Gasteiger partial charge in [-0.15, -0.1) is 0 Å². The van der Waals surface area contributed by atoms with E-state index in [1.54, 1.807) is 70.4 Å². The summed E-state index contributed by atoms with van der Waals surface area (Å²) in [4.78, 5) is 60.3. The van der Waals surface area contributed by atoms with E-state index in [1.807, 2.05) is 9.80 Å². The Balaban J connectivity index is -0.000000143. The third kappa shape index (κ3) is 93.2. The number of aliphatic hydroxyl groups is 1. The number of guanidine groups is 3. The number of carboxylic acid groups (broad SMARTS) is 1. The summed E-state index contributed by atoms with van der Waals surface area (Å²) in [6.45, 7) is 19.8. The van der Waals surface area contributed by atoms with Gasteiger partial charge in [-0.2, -0.15) is 40.5 Å². The molecule has 0 saturated carbocycles. The maximum atomic E-state index is 12.5. The number of aliphatic imine (C=N–C) groups is 3. The number of nitrogens with two attached hydrogens (primary N) is 7. The van der Waals surface area contributed by atoms with Gasteiger partial charge < -0.3 is 121 Å². The molecule has 35 heteroatoms. The van der Waals surface area contributed by atoms with Gasteiger partial charge in [0.25, 0.3) is 0 Å². The lowest BCUT2D eigenvalue weighted by Crippen LogP contribution is -2.45. The molecule has 0 spiro atoms. The molecule has 0 fully saturated rings. The van der Waals surface area contributed by atoms with Gasteiger partial charge in [-0.05, 0) is 89.9 Å². The maximum Gasteiger partial charge on any atom is 0.323 e. The van der Waals surface area contributed by atoms with Crippen LogP contribution in [0.3, 0.4) is 0 Å². The number of hydrogen-bond acceptors (Lipinski definition) is 25. The molecule has 0 bridgehead atoms. The van der Waals surface area contributed by atoms with E-state index in [4.69, 9.17) is 102 Å². The molecule has 0 amide bonds. The molecule has 0 aliphatic rings. The normalized spacial score (nSPS) is 10.6. The molecule has 95 heavy (non-hydrogen) atoms. The zero-order valence-corrected chi connectivity index (χ0v) is 61.4. The average molecular weight is 1430 g/mol. The van der Waals surface area contributed by atoms with Crippen molar-refractivity contribution < 1.29 is 95.7 Å². The minimum Gasteiger partial charge on any atom is -0.480 e. The standard InChI is InChI=1S/C18H38N4O6.C16H34N4O6.C8H18N4O2.C8H6.C5H12O3.C5H10O3.3H2S/c1-4-28-17(23)16(6-5-7-21-18(19)20)22(8-10-26-14-12-24-2)9-11-27-15-13-25-3;1-23-10-12-25-8-6-20(7-9-26-13-11-24-2)14(15(21)22)4-3-5-19-16(17)18;1-2-14-7(13)6(9)4-3-5-12-8(10)11;1-3-5-7-8-6-4-2;2*1-7-4-5-8-3-2-6;;;/h16H,4-15H2,1-3H3,(H4,19,20,21);14H,3-13H2,1-2H3,(H,21,22)(H4,17,18,19);6H,2-5,9H2,1H3,(H4,10,11,12);1-2H3;6H,2-5H2,1H3;2H,3-5H2,1H3;3*1H2/t16-;14-;6-;;;;;;/m000....../s1. The lowest BCUT2D eigenvalue weighted by molar-refractivity contribution is -0.150. The van der Waals surface area contributed by atoms with Gasteiger partial charge in [0.2, 0.25) is 0 Å². The molecule has 0 radical (unpaired) electrons. The van der Waals surface area contributed by atoms with Crippen LogP contribution in [0.4, 0.5) is 0 Å². The molecule has 32 nitrogen and oxygen atoms in total. The zero-order valence-electron chi connectivity index (χ0n) is 58.4. The topological polar surface area (TPSA) is 464 Å². The highest BCUT2D eigenvalue weighted by atomic mass is 32.1. The van der Waals surface area contributed by atoms with Gasteiger partial charge in [0.15, 0.2) is 17.9 Å². The summed E-state index contributed by atoms with van der Waals surface area (Å²) in [6, 6.07) is -1.64.